The van der Waals surface area contributed by atoms with Crippen molar-refractivity contribution in [1.29, 1.82) is 0 Å². The fraction of sp³-hybridized carbons (Fsp3) is 0.0667. The second-order valence-corrected chi connectivity index (χ2v) is 5.04. The quantitative estimate of drug-likeness (QED) is 0.893. The minimum atomic E-state index is -1.35. The van der Waals surface area contributed by atoms with E-state index < -0.39 is 5.97 Å². The molecule has 0 aromatic heterocycles. The molecule has 0 bridgehead atoms. The van der Waals surface area contributed by atoms with Crippen LogP contribution in [0.3, 0.4) is 0 Å². The Kier molecular flexibility index (Phi) is 4.94. The van der Waals surface area contributed by atoms with Gasteiger partial charge in [0.05, 0.1) is 5.97 Å². The average Bonchev–Trinajstić information content (AvgIpc) is 2.48. The molecule has 0 saturated carbocycles. The van der Waals surface area contributed by atoms with E-state index in [1.807, 2.05) is 0 Å². The van der Waals surface area contributed by atoms with E-state index in [-0.39, 0.29) is 23.8 Å². The third kappa shape index (κ3) is 4.32. The Bertz CT molecular complexity index is 655. The summed E-state index contributed by atoms with van der Waals surface area (Å²) in [7, 11) is 0. The number of aromatic carboxylic acids is 1. The highest BCUT2D eigenvalue weighted by atomic mass is 79.9. The number of hydrogen-bond donors (Lipinski definition) is 1. The highest BCUT2D eigenvalue weighted by Crippen LogP contribution is 2.17. The number of rotatable bonds is 5. The Morgan fingerprint density at radius 2 is 1.76 bits per heavy atom. The van der Waals surface area contributed by atoms with Crippen molar-refractivity contribution in [2.75, 3.05) is 11.9 Å². The number of nitrogens with one attached hydrogen (secondary N) is 1. The Morgan fingerprint density at radius 1 is 1.10 bits per heavy atom. The van der Waals surface area contributed by atoms with E-state index in [1.54, 1.807) is 36.4 Å². The maximum atomic E-state index is 11.7. The normalized spacial score (nSPS) is 9.95. The minimum absolute atomic E-state index is 0.0889. The van der Waals surface area contributed by atoms with Crippen molar-refractivity contribution in [1.82, 2.24) is 0 Å². The summed E-state index contributed by atoms with van der Waals surface area (Å²) in [5.41, 5.74) is 0.536. The number of carbonyl (C=O) groups excluding carboxylic acids is 2. The molecule has 0 unspecified atom stereocenters. The van der Waals surface area contributed by atoms with Gasteiger partial charge in [-0.25, -0.2) is 0 Å². The second-order valence-electron chi connectivity index (χ2n) is 4.13. The molecule has 0 aliphatic carbocycles. The SMILES string of the molecule is O=C(COc1ccccc1C(=O)[O-])Nc1ccc(Br)cc1. The highest BCUT2D eigenvalue weighted by Gasteiger charge is 2.07. The van der Waals surface area contributed by atoms with Crippen molar-refractivity contribution < 1.29 is 19.4 Å². The number of ether oxygens (including phenoxy) is 1. The molecule has 2 aromatic rings. The number of carbonyl (C=O) groups is 2. The first-order valence-electron chi connectivity index (χ1n) is 6.05. The van der Waals surface area contributed by atoms with Gasteiger partial charge >= 0.3 is 0 Å². The lowest BCUT2D eigenvalue weighted by Gasteiger charge is -2.12. The number of hydrogen-bond acceptors (Lipinski definition) is 4. The number of amides is 1. The van der Waals surface area contributed by atoms with Crippen molar-refractivity contribution >= 4 is 33.5 Å². The first-order chi connectivity index (χ1) is 10.1. The van der Waals surface area contributed by atoms with E-state index in [9.17, 15) is 14.7 Å². The summed E-state index contributed by atoms with van der Waals surface area (Å²) in [6.07, 6.45) is 0. The van der Waals surface area contributed by atoms with Crippen LogP contribution in [0.4, 0.5) is 5.69 Å². The molecule has 0 atom stereocenters. The van der Waals surface area contributed by atoms with Gasteiger partial charge in [-0.15, -0.1) is 0 Å². The zero-order valence-electron chi connectivity index (χ0n) is 10.8. The maximum absolute atomic E-state index is 11.7. The van der Waals surface area contributed by atoms with Gasteiger partial charge in [0.25, 0.3) is 5.91 Å². The standard InChI is InChI=1S/C15H12BrNO4/c16-10-5-7-11(8-6-10)17-14(18)9-21-13-4-2-1-3-12(13)15(19)20/h1-8H,9H2,(H,17,18)(H,19,20)/p-1. The fourth-order valence-corrected chi connectivity index (χ4v) is 1.90. The number of anilines is 1. The molecule has 1 amide bonds. The molecule has 0 radical (unpaired) electrons. The van der Waals surface area contributed by atoms with Crippen LogP contribution >= 0.6 is 15.9 Å². The summed E-state index contributed by atoms with van der Waals surface area (Å²) in [5.74, 6) is -1.63. The zero-order valence-corrected chi connectivity index (χ0v) is 12.4. The van der Waals surface area contributed by atoms with E-state index >= 15 is 0 Å². The molecule has 0 fully saturated rings. The van der Waals surface area contributed by atoms with E-state index in [0.29, 0.717) is 5.69 Å². The zero-order chi connectivity index (χ0) is 15.2. The molecule has 0 saturated heterocycles. The Hall–Kier alpha value is -2.34. The Labute approximate surface area is 129 Å². The van der Waals surface area contributed by atoms with Crippen LogP contribution in [0.25, 0.3) is 0 Å². The lowest BCUT2D eigenvalue weighted by molar-refractivity contribution is -0.255. The predicted octanol–water partition coefficient (Wildman–Crippen LogP) is 1.83. The van der Waals surface area contributed by atoms with Gasteiger partial charge in [-0.1, -0.05) is 28.1 Å². The molecular weight excluding hydrogens is 338 g/mol. The summed E-state index contributed by atoms with van der Waals surface area (Å²) in [6, 6.07) is 13.1. The lowest BCUT2D eigenvalue weighted by Crippen LogP contribution is -2.25. The molecule has 108 valence electrons. The van der Waals surface area contributed by atoms with Crippen molar-refractivity contribution in [2.24, 2.45) is 0 Å². The van der Waals surface area contributed by atoms with Crippen LogP contribution in [0, 0.1) is 0 Å². The number of para-hydroxylation sites is 1. The van der Waals surface area contributed by atoms with Crippen LogP contribution in [0.1, 0.15) is 10.4 Å². The molecule has 5 nitrogen and oxygen atoms in total. The first-order valence-corrected chi connectivity index (χ1v) is 6.84. The molecule has 2 aromatic carbocycles. The van der Waals surface area contributed by atoms with Crippen LogP contribution in [0.2, 0.25) is 0 Å². The molecule has 0 aliphatic rings. The van der Waals surface area contributed by atoms with Gasteiger partial charge in [-0.3, -0.25) is 4.79 Å². The molecule has 6 heteroatoms. The minimum Gasteiger partial charge on any atom is -0.545 e. The van der Waals surface area contributed by atoms with Gasteiger partial charge in [0.2, 0.25) is 0 Å². The van der Waals surface area contributed by atoms with Gasteiger partial charge in [-0.2, -0.15) is 0 Å². The molecule has 21 heavy (non-hydrogen) atoms. The van der Waals surface area contributed by atoms with Crippen LogP contribution < -0.4 is 15.2 Å². The topological polar surface area (TPSA) is 78.5 Å². The highest BCUT2D eigenvalue weighted by molar-refractivity contribution is 9.10. The predicted molar refractivity (Wildman–Crippen MR) is 79.0 cm³/mol. The van der Waals surface area contributed by atoms with Gasteiger partial charge in [-0.05, 0) is 36.4 Å². The van der Waals surface area contributed by atoms with Crippen molar-refractivity contribution in [3.8, 4) is 5.75 Å². The smallest absolute Gasteiger partial charge is 0.262 e. The molecule has 0 heterocycles. The van der Waals surface area contributed by atoms with Gasteiger partial charge < -0.3 is 20.0 Å². The third-order valence-corrected chi connectivity index (χ3v) is 3.12. The second kappa shape index (κ2) is 6.90. The summed E-state index contributed by atoms with van der Waals surface area (Å²) >= 11 is 3.30. The summed E-state index contributed by atoms with van der Waals surface area (Å²) in [5, 5.41) is 13.5. The van der Waals surface area contributed by atoms with E-state index in [0.717, 1.165) is 4.47 Å². The molecule has 0 spiro atoms. The monoisotopic (exact) mass is 348 g/mol. The van der Waals surface area contributed by atoms with Crippen LogP contribution in [0.15, 0.2) is 53.0 Å². The first kappa shape index (κ1) is 15.1. The van der Waals surface area contributed by atoms with E-state index in [2.05, 4.69) is 21.2 Å². The maximum Gasteiger partial charge on any atom is 0.262 e. The number of carboxylic acid groups (broad SMARTS) is 1. The molecule has 2 rings (SSSR count). The summed E-state index contributed by atoms with van der Waals surface area (Å²) < 4.78 is 6.12. The lowest BCUT2D eigenvalue weighted by atomic mass is 10.2. The number of halogens is 1. The van der Waals surface area contributed by atoms with E-state index in [4.69, 9.17) is 4.74 Å². The van der Waals surface area contributed by atoms with Gasteiger partial charge in [0.1, 0.15) is 5.75 Å². The van der Waals surface area contributed by atoms with Crippen molar-refractivity contribution in [3.05, 3.63) is 58.6 Å². The molecular formula is C15H11BrNO4-. The average molecular weight is 349 g/mol. The van der Waals surface area contributed by atoms with Crippen LogP contribution in [-0.2, 0) is 4.79 Å². The number of carboxylic acids is 1. The van der Waals surface area contributed by atoms with Crippen LogP contribution in [-0.4, -0.2) is 18.5 Å². The molecule has 0 aliphatic heterocycles. The largest absolute Gasteiger partial charge is 0.545 e. The third-order valence-electron chi connectivity index (χ3n) is 2.59. The summed E-state index contributed by atoms with van der Waals surface area (Å²) in [4.78, 5) is 22.6. The van der Waals surface area contributed by atoms with Crippen LogP contribution in [0.5, 0.6) is 5.75 Å². The Morgan fingerprint density at radius 3 is 2.43 bits per heavy atom. The van der Waals surface area contributed by atoms with Crippen molar-refractivity contribution in [2.45, 2.75) is 0 Å². The van der Waals surface area contributed by atoms with E-state index in [1.165, 1.54) is 12.1 Å². The fourth-order valence-electron chi connectivity index (χ4n) is 1.63. The number of benzene rings is 2. The van der Waals surface area contributed by atoms with Gasteiger partial charge in [0, 0.05) is 15.7 Å². The Balaban J connectivity index is 1.95. The van der Waals surface area contributed by atoms with Gasteiger partial charge in [0.15, 0.2) is 6.61 Å². The van der Waals surface area contributed by atoms with Crippen molar-refractivity contribution in [3.63, 3.8) is 0 Å². The summed E-state index contributed by atoms with van der Waals surface area (Å²) in [6.45, 7) is -0.291. The molecule has 1 N–H and O–H groups in total.